The van der Waals surface area contributed by atoms with Gasteiger partial charge in [-0.1, -0.05) is 48.6 Å². The lowest BCUT2D eigenvalue weighted by Gasteiger charge is -2.03. The normalized spacial score (nSPS) is 14.7. The lowest BCUT2D eigenvalue weighted by Crippen LogP contribution is -1.89. The molecule has 0 spiro atoms. The molecule has 0 aliphatic heterocycles. The first-order chi connectivity index (χ1) is 11.9. The topological polar surface area (TPSA) is 25.8 Å². The van der Waals surface area contributed by atoms with Crippen molar-refractivity contribution in [2.45, 2.75) is 0 Å². The lowest BCUT2D eigenvalue weighted by molar-refractivity contribution is 1.24. The molecule has 0 amide bonds. The summed E-state index contributed by atoms with van der Waals surface area (Å²) in [6.07, 6.45) is 24.5. The van der Waals surface area contributed by atoms with Crippen LogP contribution in [-0.4, -0.2) is 9.97 Å². The smallest absolute Gasteiger partial charge is 0.0892 e. The van der Waals surface area contributed by atoms with E-state index >= 15 is 0 Å². The quantitative estimate of drug-likeness (QED) is 0.782. The molecule has 2 heteroatoms. The Bertz CT molecular complexity index is 846. The molecular formula is C22H16N2. The van der Waals surface area contributed by atoms with Crippen LogP contribution in [0.1, 0.15) is 11.1 Å². The summed E-state index contributed by atoms with van der Waals surface area (Å²) in [4.78, 5) is 8.96. The highest BCUT2D eigenvalue weighted by Gasteiger charge is 2.04. The lowest BCUT2D eigenvalue weighted by atomic mass is 10.1. The predicted octanol–water partition coefficient (Wildman–Crippen LogP) is 5.16. The van der Waals surface area contributed by atoms with Crippen LogP contribution >= 0.6 is 0 Å². The van der Waals surface area contributed by atoms with Crippen molar-refractivity contribution in [3.05, 3.63) is 108 Å². The Morgan fingerprint density at radius 3 is 1.42 bits per heavy atom. The molecule has 0 bridgehead atoms. The van der Waals surface area contributed by atoms with Gasteiger partial charge in [0.05, 0.1) is 11.4 Å². The van der Waals surface area contributed by atoms with Crippen molar-refractivity contribution in [1.82, 2.24) is 9.97 Å². The average Bonchev–Trinajstić information content (AvgIpc) is 3.30. The second-order valence-electron chi connectivity index (χ2n) is 5.67. The van der Waals surface area contributed by atoms with Crippen molar-refractivity contribution in [3.63, 3.8) is 0 Å². The Hall–Kier alpha value is -3.26. The first-order valence-electron chi connectivity index (χ1n) is 7.92. The second kappa shape index (κ2) is 6.47. The van der Waals surface area contributed by atoms with E-state index in [2.05, 4.69) is 58.6 Å². The van der Waals surface area contributed by atoms with E-state index in [-0.39, 0.29) is 0 Å². The Balaban J connectivity index is 1.66. The molecule has 2 heterocycles. The Morgan fingerprint density at radius 1 is 0.583 bits per heavy atom. The zero-order valence-corrected chi connectivity index (χ0v) is 13.1. The van der Waals surface area contributed by atoms with Gasteiger partial charge in [0.1, 0.15) is 0 Å². The fraction of sp³-hybridized carbons (Fsp3) is 0. The van der Waals surface area contributed by atoms with Crippen molar-refractivity contribution in [1.29, 1.82) is 0 Å². The number of nitrogens with zero attached hydrogens (tertiary/aromatic N) is 2. The summed E-state index contributed by atoms with van der Waals surface area (Å²) in [5, 5.41) is 0. The maximum Gasteiger partial charge on any atom is 0.0892 e. The van der Waals surface area contributed by atoms with Gasteiger partial charge in [-0.05, 0) is 58.7 Å². The minimum Gasteiger partial charge on any atom is -0.255 e. The Kier molecular flexibility index (Phi) is 3.86. The maximum absolute atomic E-state index is 4.48. The third kappa shape index (κ3) is 3.23. The summed E-state index contributed by atoms with van der Waals surface area (Å²) in [6.45, 7) is 0. The Labute approximate surface area is 141 Å². The summed E-state index contributed by atoms with van der Waals surface area (Å²) < 4.78 is 0. The highest BCUT2D eigenvalue weighted by molar-refractivity contribution is 5.68. The molecule has 2 aliphatic rings. The maximum atomic E-state index is 4.48. The van der Waals surface area contributed by atoms with Gasteiger partial charge in [0, 0.05) is 12.4 Å². The van der Waals surface area contributed by atoms with Gasteiger partial charge < -0.3 is 0 Å². The van der Waals surface area contributed by atoms with Crippen LogP contribution < -0.4 is 0 Å². The minimum absolute atomic E-state index is 0.882. The van der Waals surface area contributed by atoms with Crippen LogP contribution in [-0.2, 0) is 0 Å². The van der Waals surface area contributed by atoms with Crippen molar-refractivity contribution in [2.24, 2.45) is 0 Å². The average molecular weight is 308 g/mol. The molecule has 2 aromatic heterocycles. The van der Waals surface area contributed by atoms with E-state index in [1.54, 1.807) is 0 Å². The number of pyridine rings is 2. The SMILES string of the molecule is C1=CC(=Cc2ccnc(-c3cc(C=C4C=CC=C4)ccn3)c2)C=C1. The van der Waals surface area contributed by atoms with Crippen LogP contribution in [0.2, 0.25) is 0 Å². The number of rotatable bonds is 3. The van der Waals surface area contributed by atoms with Gasteiger partial charge in [-0.2, -0.15) is 0 Å². The summed E-state index contributed by atoms with van der Waals surface area (Å²) in [5.74, 6) is 0. The molecule has 0 fully saturated rings. The summed E-state index contributed by atoms with van der Waals surface area (Å²) in [5.41, 5.74) is 6.40. The number of aromatic nitrogens is 2. The first kappa shape index (κ1) is 14.3. The Morgan fingerprint density at radius 2 is 1.00 bits per heavy atom. The predicted molar refractivity (Wildman–Crippen MR) is 100.0 cm³/mol. The van der Waals surface area contributed by atoms with Crippen LogP contribution in [0.4, 0.5) is 0 Å². The molecule has 4 rings (SSSR count). The van der Waals surface area contributed by atoms with E-state index in [0.29, 0.717) is 0 Å². The summed E-state index contributed by atoms with van der Waals surface area (Å²) in [7, 11) is 0. The zero-order chi connectivity index (χ0) is 16.2. The molecule has 24 heavy (non-hydrogen) atoms. The highest BCUT2D eigenvalue weighted by Crippen LogP contribution is 2.21. The van der Waals surface area contributed by atoms with Gasteiger partial charge in [0.2, 0.25) is 0 Å². The molecule has 0 N–H and O–H groups in total. The van der Waals surface area contributed by atoms with Crippen LogP contribution in [0.5, 0.6) is 0 Å². The van der Waals surface area contributed by atoms with E-state index < -0.39 is 0 Å². The largest absolute Gasteiger partial charge is 0.255 e. The van der Waals surface area contributed by atoms with E-state index in [9.17, 15) is 0 Å². The molecule has 2 nitrogen and oxygen atoms in total. The number of allylic oxidation sites excluding steroid dienone is 10. The monoisotopic (exact) mass is 308 g/mol. The fourth-order valence-corrected chi connectivity index (χ4v) is 2.71. The summed E-state index contributed by atoms with van der Waals surface area (Å²) in [6, 6.07) is 8.16. The molecule has 2 aromatic rings. The molecule has 2 aliphatic carbocycles. The summed E-state index contributed by atoms with van der Waals surface area (Å²) >= 11 is 0. The molecule has 0 radical (unpaired) electrons. The van der Waals surface area contributed by atoms with Crippen LogP contribution in [0.3, 0.4) is 0 Å². The molecule has 114 valence electrons. The van der Waals surface area contributed by atoms with Crippen LogP contribution in [0.15, 0.2) is 96.4 Å². The first-order valence-corrected chi connectivity index (χ1v) is 7.92. The zero-order valence-electron chi connectivity index (χ0n) is 13.1. The van der Waals surface area contributed by atoms with E-state index in [4.69, 9.17) is 0 Å². The number of hydrogen-bond acceptors (Lipinski definition) is 2. The van der Waals surface area contributed by atoms with Crippen molar-refractivity contribution in [3.8, 4) is 11.4 Å². The van der Waals surface area contributed by atoms with Crippen LogP contribution in [0, 0.1) is 0 Å². The second-order valence-corrected chi connectivity index (χ2v) is 5.67. The van der Waals surface area contributed by atoms with Crippen LogP contribution in [0.25, 0.3) is 23.5 Å². The van der Waals surface area contributed by atoms with E-state index in [1.807, 2.05) is 48.8 Å². The van der Waals surface area contributed by atoms with Gasteiger partial charge in [-0.3, -0.25) is 9.97 Å². The molecule has 0 aromatic carbocycles. The van der Waals surface area contributed by atoms with E-state index in [1.165, 1.54) is 11.1 Å². The third-order valence-corrected chi connectivity index (χ3v) is 3.87. The van der Waals surface area contributed by atoms with Gasteiger partial charge >= 0.3 is 0 Å². The van der Waals surface area contributed by atoms with Gasteiger partial charge in [-0.15, -0.1) is 0 Å². The molecular weight excluding hydrogens is 292 g/mol. The third-order valence-electron chi connectivity index (χ3n) is 3.87. The highest BCUT2D eigenvalue weighted by atomic mass is 14.8. The number of hydrogen-bond donors (Lipinski definition) is 0. The van der Waals surface area contributed by atoms with Gasteiger partial charge in [0.25, 0.3) is 0 Å². The minimum atomic E-state index is 0.882. The molecule has 0 saturated carbocycles. The van der Waals surface area contributed by atoms with Crippen molar-refractivity contribution >= 4 is 12.2 Å². The van der Waals surface area contributed by atoms with Crippen molar-refractivity contribution < 1.29 is 0 Å². The van der Waals surface area contributed by atoms with Crippen molar-refractivity contribution in [2.75, 3.05) is 0 Å². The van der Waals surface area contributed by atoms with Gasteiger partial charge in [0.15, 0.2) is 0 Å². The fourth-order valence-electron chi connectivity index (χ4n) is 2.71. The molecule has 0 atom stereocenters. The molecule has 0 unspecified atom stereocenters. The van der Waals surface area contributed by atoms with Gasteiger partial charge in [-0.25, -0.2) is 0 Å². The van der Waals surface area contributed by atoms with E-state index in [0.717, 1.165) is 22.5 Å². The molecule has 0 saturated heterocycles. The standard InChI is InChI=1S/C22H16N2/c1-2-6-17(5-1)13-19-9-11-23-21(15-19)22-16-20(10-12-24-22)14-18-7-3-4-8-18/h1-16H.